The van der Waals surface area contributed by atoms with Crippen molar-refractivity contribution in [2.75, 3.05) is 12.3 Å². The summed E-state index contributed by atoms with van der Waals surface area (Å²) < 4.78 is 29.1. The van der Waals surface area contributed by atoms with Crippen molar-refractivity contribution in [3.05, 3.63) is 35.9 Å². The highest BCUT2D eigenvalue weighted by Gasteiger charge is 2.07. The zero-order valence-electron chi connectivity index (χ0n) is 8.88. The van der Waals surface area contributed by atoms with Gasteiger partial charge in [-0.15, -0.1) is 0 Å². The van der Waals surface area contributed by atoms with Crippen LogP contribution in [0.15, 0.2) is 30.3 Å². The molecule has 0 saturated carbocycles. The summed E-state index contributed by atoms with van der Waals surface area (Å²) >= 11 is 0. The molecule has 2 N–H and O–H groups in total. The van der Waals surface area contributed by atoms with Crippen LogP contribution in [0.4, 0.5) is 0 Å². The molecule has 0 spiro atoms. The van der Waals surface area contributed by atoms with Gasteiger partial charge in [0, 0.05) is 12.1 Å². The van der Waals surface area contributed by atoms with Crippen LogP contribution in [-0.4, -0.2) is 31.2 Å². The molecule has 1 aromatic carbocycles. The zero-order chi connectivity index (χ0) is 11.3. The molecule has 84 valence electrons. The maximum Gasteiger partial charge on any atom is 0.266 e. The first-order chi connectivity index (χ1) is 6.99. The molecule has 1 rings (SSSR count). The van der Waals surface area contributed by atoms with Crippen molar-refractivity contribution < 1.29 is 19.2 Å². The molecule has 1 amide bonds. The topological polar surface area (TPSA) is 83.5 Å². The number of hydrogen-bond acceptors (Lipinski definition) is 3. The Morgan fingerprint density at radius 1 is 1.33 bits per heavy atom. The SMILES string of the molecule is O=C(NCCS(=O)(=O)O)c1ccccc1.[H-]. The van der Waals surface area contributed by atoms with E-state index in [-0.39, 0.29) is 13.9 Å². The first kappa shape index (κ1) is 11.7. The summed E-state index contributed by atoms with van der Waals surface area (Å²) in [5.41, 5.74) is 0.452. The van der Waals surface area contributed by atoms with Gasteiger partial charge in [-0.3, -0.25) is 9.35 Å². The van der Waals surface area contributed by atoms with E-state index in [1.807, 2.05) is 0 Å². The first-order valence-corrected chi connectivity index (χ1v) is 5.88. The molecule has 0 aromatic heterocycles. The van der Waals surface area contributed by atoms with Gasteiger partial charge in [0.15, 0.2) is 0 Å². The Morgan fingerprint density at radius 2 is 1.93 bits per heavy atom. The van der Waals surface area contributed by atoms with E-state index in [4.69, 9.17) is 4.55 Å². The molecule has 0 aliphatic rings. The van der Waals surface area contributed by atoms with Gasteiger partial charge in [-0.2, -0.15) is 8.42 Å². The zero-order valence-corrected chi connectivity index (χ0v) is 8.70. The van der Waals surface area contributed by atoms with E-state index in [1.165, 1.54) is 0 Å². The van der Waals surface area contributed by atoms with Crippen molar-refractivity contribution in [2.24, 2.45) is 0 Å². The second-order valence-electron chi connectivity index (χ2n) is 2.91. The number of benzene rings is 1. The predicted molar refractivity (Wildman–Crippen MR) is 56.3 cm³/mol. The molecule has 0 saturated heterocycles. The van der Waals surface area contributed by atoms with E-state index < -0.39 is 15.9 Å². The molecule has 6 heteroatoms. The lowest BCUT2D eigenvalue weighted by atomic mass is 10.2. The van der Waals surface area contributed by atoms with Crippen LogP contribution in [0.25, 0.3) is 0 Å². The van der Waals surface area contributed by atoms with Gasteiger partial charge in [-0.05, 0) is 12.1 Å². The van der Waals surface area contributed by atoms with E-state index in [9.17, 15) is 13.2 Å². The third-order valence-electron chi connectivity index (χ3n) is 1.68. The van der Waals surface area contributed by atoms with Gasteiger partial charge < -0.3 is 6.74 Å². The quantitative estimate of drug-likeness (QED) is 0.734. The van der Waals surface area contributed by atoms with Crippen LogP contribution in [-0.2, 0) is 10.1 Å². The minimum atomic E-state index is -4.02. The molecule has 15 heavy (non-hydrogen) atoms. The minimum Gasteiger partial charge on any atom is -1.00 e. The Kier molecular flexibility index (Phi) is 3.81. The Labute approximate surface area is 89.4 Å². The van der Waals surface area contributed by atoms with Gasteiger partial charge >= 0.3 is 0 Å². The minimum absolute atomic E-state index is 0. The molecule has 0 aliphatic carbocycles. The van der Waals surface area contributed by atoms with Crippen LogP contribution in [0, 0.1) is 0 Å². The molecule has 0 radical (unpaired) electrons. The number of hydrogen-bond donors (Lipinski definition) is 2. The molecule has 0 heterocycles. The van der Waals surface area contributed by atoms with E-state index in [0.717, 1.165) is 0 Å². The maximum atomic E-state index is 11.3. The molecule has 0 bridgehead atoms. The number of nitrogens with one attached hydrogen (secondary N) is 1. The summed E-state index contributed by atoms with van der Waals surface area (Å²) in [5, 5.41) is 2.38. The summed E-state index contributed by atoms with van der Waals surface area (Å²) in [6.45, 7) is -0.105. The van der Waals surface area contributed by atoms with Gasteiger partial charge in [0.25, 0.3) is 16.0 Å². The van der Waals surface area contributed by atoms with Gasteiger partial charge in [-0.1, -0.05) is 18.2 Å². The summed E-state index contributed by atoms with van der Waals surface area (Å²) in [6, 6.07) is 8.41. The Morgan fingerprint density at radius 3 is 2.47 bits per heavy atom. The van der Waals surface area contributed by atoms with E-state index >= 15 is 0 Å². The highest BCUT2D eigenvalue weighted by atomic mass is 32.2. The fraction of sp³-hybridized carbons (Fsp3) is 0.222. The van der Waals surface area contributed by atoms with Crippen LogP contribution in [0.1, 0.15) is 11.8 Å². The van der Waals surface area contributed by atoms with Crippen LogP contribution in [0.2, 0.25) is 0 Å². The second kappa shape index (κ2) is 4.90. The standard InChI is InChI=1S/C9H11NO4S.H/c11-9(8-4-2-1-3-5-8)10-6-7-15(12,13)14;/h1-5H,6-7H2,(H,10,11)(H,12,13,14);/q;-1. The average Bonchev–Trinajstić information content (AvgIpc) is 2.17. The van der Waals surface area contributed by atoms with Crippen molar-refractivity contribution in [1.82, 2.24) is 5.32 Å². The average molecular weight is 230 g/mol. The number of amides is 1. The van der Waals surface area contributed by atoms with Crippen molar-refractivity contribution >= 4 is 16.0 Å². The van der Waals surface area contributed by atoms with E-state index in [2.05, 4.69) is 5.32 Å². The highest BCUT2D eigenvalue weighted by molar-refractivity contribution is 7.85. The summed E-state index contributed by atoms with van der Waals surface area (Å²) in [5.74, 6) is -0.842. The van der Waals surface area contributed by atoms with Crippen molar-refractivity contribution in [3.63, 3.8) is 0 Å². The Bertz CT molecular complexity index is 432. The van der Waals surface area contributed by atoms with Crippen molar-refractivity contribution in [2.45, 2.75) is 0 Å². The van der Waals surface area contributed by atoms with Gasteiger partial charge in [0.05, 0.1) is 5.75 Å². The fourth-order valence-electron chi connectivity index (χ4n) is 0.985. The lowest BCUT2D eigenvalue weighted by Crippen LogP contribution is -2.28. The van der Waals surface area contributed by atoms with Gasteiger partial charge in [0.2, 0.25) is 0 Å². The molecule has 1 aromatic rings. The number of carbonyl (C=O) groups excluding carboxylic acids is 1. The molecule has 0 fully saturated rings. The molecule has 0 unspecified atom stereocenters. The van der Waals surface area contributed by atoms with E-state index in [0.29, 0.717) is 5.56 Å². The van der Waals surface area contributed by atoms with Crippen molar-refractivity contribution in [3.8, 4) is 0 Å². The summed E-state index contributed by atoms with van der Waals surface area (Å²) in [7, 11) is -4.02. The lowest BCUT2D eigenvalue weighted by Gasteiger charge is -2.03. The van der Waals surface area contributed by atoms with E-state index in [1.54, 1.807) is 30.3 Å². The predicted octanol–water partition coefficient (Wildman–Crippen LogP) is 0.417. The summed E-state index contributed by atoms with van der Waals surface area (Å²) in [6.07, 6.45) is 0. The third kappa shape index (κ3) is 4.57. The van der Waals surface area contributed by atoms with Crippen LogP contribution >= 0.6 is 0 Å². The Hall–Kier alpha value is -1.40. The molecule has 0 aliphatic heterocycles. The Balaban J connectivity index is 0.00000225. The monoisotopic (exact) mass is 230 g/mol. The fourth-order valence-corrected chi connectivity index (χ4v) is 1.35. The molecule has 0 atom stereocenters. The van der Waals surface area contributed by atoms with Crippen LogP contribution in [0.5, 0.6) is 0 Å². The van der Waals surface area contributed by atoms with Crippen LogP contribution in [0.3, 0.4) is 0 Å². The highest BCUT2D eigenvalue weighted by Crippen LogP contribution is 1.97. The lowest BCUT2D eigenvalue weighted by molar-refractivity contribution is 0.0956. The molecular formula is C9H12NO4S-. The molecular weight excluding hydrogens is 218 g/mol. The molecule has 5 nitrogen and oxygen atoms in total. The third-order valence-corrected chi connectivity index (χ3v) is 2.40. The maximum absolute atomic E-state index is 11.3. The largest absolute Gasteiger partial charge is 1.00 e. The van der Waals surface area contributed by atoms with Gasteiger partial charge in [-0.25, -0.2) is 0 Å². The van der Waals surface area contributed by atoms with Crippen molar-refractivity contribution in [1.29, 1.82) is 0 Å². The van der Waals surface area contributed by atoms with Gasteiger partial charge in [0.1, 0.15) is 0 Å². The number of carbonyl (C=O) groups is 1. The second-order valence-corrected chi connectivity index (χ2v) is 4.48. The number of rotatable bonds is 4. The van der Waals surface area contributed by atoms with Crippen LogP contribution < -0.4 is 5.32 Å². The normalized spacial score (nSPS) is 11.0. The smallest absolute Gasteiger partial charge is 0.266 e. The first-order valence-electron chi connectivity index (χ1n) is 4.27. The summed E-state index contributed by atoms with van der Waals surface area (Å²) in [4.78, 5) is 11.3.